The molecule has 0 radical (unpaired) electrons. The van der Waals surface area contributed by atoms with E-state index in [0.29, 0.717) is 6.04 Å². The van der Waals surface area contributed by atoms with Gasteiger partial charge in [-0.3, -0.25) is 0 Å². The van der Waals surface area contributed by atoms with Gasteiger partial charge in [-0.1, -0.05) is 55.0 Å². The zero-order valence-electron chi connectivity index (χ0n) is 11.0. The summed E-state index contributed by atoms with van der Waals surface area (Å²) in [5.74, 6) is 0. The predicted molar refractivity (Wildman–Crippen MR) is 77.1 cm³/mol. The minimum atomic E-state index is 0.438. The van der Waals surface area contributed by atoms with Crippen LogP contribution in [-0.2, 0) is 12.8 Å². The highest BCUT2D eigenvalue weighted by Gasteiger charge is 2.23. The van der Waals surface area contributed by atoms with Crippen LogP contribution in [0.5, 0.6) is 0 Å². The van der Waals surface area contributed by atoms with E-state index in [9.17, 15) is 0 Å². The van der Waals surface area contributed by atoms with Gasteiger partial charge in [-0.2, -0.15) is 0 Å². The summed E-state index contributed by atoms with van der Waals surface area (Å²) >= 11 is 0. The van der Waals surface area contributed by atoms with Gasteiger partial charge >= 0.3 is 0 Å². The van der Waals surface area contributed by atoms with Crippen molar-refractivity contribution in [1.82, 2.24) is 0 Å². The van der Waals surface area contributed by atoms with Crippen molar-refractivity contribution in [3.8, 4) is 0 Å². The van der Waals surface area contributed by atoms with Crippen molar-refractivity contribution in [3.05, 3.63) is 64.7 Å². The summed E-state index contributed by atoms with van der Waals surface area (Å²) in [5, 5.41) is 3.69. The second-order valence-corrected chi connectivity index (χ2v) is 5.12. The number of fused-ring (bicyclic) bond motifs is 1. The van der Waals surface area contributed by atoms with Crippen molar-refractivity contribution in [1.29, 1.82) is 0 Å². The van der Waals surface area contributed by atoms with Crippen LogP contribution in [0.3, 0.4) is 0 Å². The SMILES string of the molecule is CCc1cccc2c1NC(c1ccc(C)cc1)C2. The molecule has 0 aromatic heterocycles. The van der Waals surface area contributed by atoms with E-state index in [1.54, 1.807) is 0 Å². The molecular weight excluding hydrogens is 218 g/mol. The molecule has 1 unspecified atom stereocenters. The second kappa shape index (κ2) is 4.49. The van der Waals surface area contributed by atoms with Crippen LogP contribution in [-0.4, -0.2) is 0 Å². The van der Waals surface area contributed by atoms with Crippen molar-refractivity contribution in [2.45, 2.75) is 32.7 Å². The highest BCUT2D eigenvalue weighted by Crippen LogP contribution is 2.36. The Bertz CT molecular complexity index is 554. The summed E-state index contributed by atoms with van der Waals surface area (Å²) < 4.78 is 0. The normalized spacial score (nSPS) is 17.3. The number of hydrogen-bond acceptors (Lipinski definition) is 1. The fraction of sp³-hybridized carbons (Fsp3) is 0.294. The monoisotopic (exact) mass is 237 g/mol. The number of benzene rings is 2. The van der Waals surface area contributed by atoms with Crippen molar-refractivity contribution in [2.75, 3.05) is 5.32 Å². The van der Waals surface area contributed by atoms with Gasteiger partial charge in [0, 0.05) is 5.69 Å². The van der Waals surface area contributed by atoms with Gasteiger partial charge in [-0.05, 0) is 36.5 Å². The van der Waals surface area contributed by atoms with Crippen LogP contribution in [0.15, 0.2) is 42.5 Å². The molecular formula is C17H19N. The quantitative estimate of drug-likeness (QED) is 0.822. The van der Waals surface area contributed by atoms with Gasteiger partial charge in [-0.15, -0.1) is 0 Å². The first kappa shape index (κ1) is 11.3. The standard InChI is InChI=1S/C17H19N/c1-3-13-5-4-6-15-11-16(18-17(13)15)14-9-7-12(2)8-10-14/h4-10,16,18H,3,11H2,1-2H3. The fourth-order valence-electron chi connectivity index (χ4n) is 2.75. The lowest BCUT2D eigenvalue weighted by atomic mass is 10.0. The molecule has 1 aliphatic heterocycles. The lowest BCUT2D eigenvalue weighted by molar-refractivity contribution is 0.823. The molecule has 0 fully saturated rings. The largest absolute Gasteiger partial charge is 0.377 e. The number of hydrogen-bond donors (Lipinski definition) is 1. The van der Waals surface area contributed by atoms with E-state index < -0.39 is 0 Å². The molecule has 0 saturated carbocycles. The highest BCUT2D eigenvalue weighted by atomic mass is 15.0. The van der Waals surface area contributed by atoms with E-state index in [-0.39, 0.29) is 0 Å². The minimum Gasteiger partial charge on any atom is -0.377 e. The van der Waals surface area contributed by atoms with Crippen molar-refractivity contribution in [3.63, 3.8) is 0 Å². The maximum absolute atomic E-state index is 3.69. The highest BCUT2D eigenvalue weighted by molar-refractivity contribution is 5.63. The molecule has 18 heavy (non-hydrogen) atoms. The van der Waals surface area contributed by atoms with Crippen LogP contribution in [0, 0.1) is 6.92 Å². The first-order valence-electron chi connectivity index (χ1n) is 6.72. The smallest absolute Gasteiger partial charge is 0.0555 e. The molecule has 0 spiro atoms. The summed E-state index contributed by atoms with van der Waals surface area (Å²) in [5.41, 5.74) is 6.97. The van der Waals surface area contributed by atoms with Crippen LogP contribution < -0.4 is 5.32 Å². The van der Waals surface area contributed by atoms with E-state index in [1.807, 2.05) is 0 Å². The van der Waals surface area contributed by atoms with Crippen LogP contribution >= 0.6 is 0 Å². The molecule has 1 heteroatoms. The zero-order chi connectivity index (χ0) is 12.5. The molecule has 92 valence electrons. The van der Waals surface area contributed by atoms with Crippen LogP contribution in [0.1, 0.15) is 35.2 Å². The molecule has 0 aliphatic carbocycles. The van der Waals surface area contributed by atoms with Crippen LogP contribution in [0.25, 0.3) is 0 Å². The Balaban J connectivity index is 1.91. The molecule has 1 aliphatic rings. The van der Waals surface area contributed by atoms with Crippen molar-refractivity contribution >= 4 is 5.69 Å². The Kier molecular flexibility index (Phi) is 2.83. The maximum atomic E-state index is 3.69. The number of nitrogens with one attached hydrogen (secondary N) is 1. The average molecular weight is 237 g/mol. The Hall–Kier alpha value is -1.76. The molecule has 0 bridgehead atoms. The lowest BCUT2D eigenvalue weighted by Gasteiger charge is -2.13. The van der Waals surface area contributed by atoms with Gasteiger partial charge in [0.05, 0.1) is 6.04 Å². The summed E-state index contributed by atoms with van der Waals surface area (Å²) in [4.78, 5) is 0. The zero-order valence-corrected chi connectivity index (χ0v) is 11.0. The molecule has 0 saturated heterocycles. The summed E-state index contributed by atoms with van der Waals surface area (Å²) in [6.07, 6.45) is 2.20. The van der Waals surface area contributed by atoms with E-state index in [4.69, 9.17) is 0 Å². The molecule has 2 aromatic rings. The van der Waals surface area contributed by atoms with Gasteiger partial charge in [-0.25, -0.2) is 0 Å². The minimum absolute atomic E-state index is 0.438. The first-order chi connectivity index (χ1) is 8.78. The van der Waals surface area contributed by atoms with Crippen molar-refractivity contribution in [2.24, 2.45) is 0 Å². The van der Waals surface area contributed by atoms with E-state index >= 15 is 0 Å². The third-order valence-corrected chi connectivity index (χ3v) is 3.84. The number of aryl methyl sites for hydroxylation is 2. The molecule has 3 rings (SSSR count). The first-order valence-corrected chi connectivity index (χ1v) is 6.72. The Morgan fingerprint density at radius 1 is 1.11 bits per heavy atom. The third kappa shape index (κ3) is 1.90. The third-order valence-electron chi connectivity index (χ3n) is 3.84. The predicted octanol–water partition coefficient (Wildman–Crippen LogP) is 4.27. The van der Waals surface area contributed by atoms with Gasteiger partial charge in [0.1, 0.15) is 0 Å². The second-order valence-electron chi connectivity index (χ2n) is 5.12. The molecule has 2 aromatic carbocycles. The Labute approximate surface area is 109 Å². The number of rotatable bonds is 2. The van der Waals surface area contributed by atoms with Gasteiger partial charge in [0.15, 0.2) is 0 Å². The Morgan fingerprint density at radius 3 is 2.61 bits per heavy atom. The molecule has 1 N–H and O–H groups in total. The molecule has 1 heterocycles. The lowest BCUT2D eigenvalue weighted by Crippen LogP contribution is -2.06. The summed E-state index contributed by atoms with van der Waals surface area (Å²) in [6.45, 7) is 4.35. The Morgan fingerprint density at radius 2 is 1.89 bits per heavy atom. The molecule has 1 atom stereocenters. The van der Waals surface area contributed by atoms with Gasteiger partial charge in [0.25, 0.3) is 0 Å². The van der Waals surface area contributed by atoms with Crippen LogP contribution in [0.4, 0.5) is 5.69 Å². The van der Waals surface area contributed by atoms with Gasteiger partial charge in [0.2, 0.25) is 0 Å². The molecule has 1 nitrogen and oxygen atoms in total. The summed E-state index contributed by atoms with van der Waals surface area (Å²) in [7, 11) is 0. The fourth-order valence-corrected chi connectivity index (χ4v) is 2.75. The topological polar surface area (TPSA) is 12.0 Å². The van der Waals surface area contributed by atoms with E-state index in [1.165, 1.54) is 27.9 Å². The number of para-hydroxylation sites is 1. The van der Waals surface area contributed by atoms with E-state index in [2.05, 4.69) is 61.6 Å². The summed E-state index contributed by atoms with van der Waals surface area (Å²) in [6, 6.07) is 16.0. The maximum Gasteiger partial charge on any atom is 0.0555 e. The molecule has 0 amide bonds. The average Bonchev–Trinajstić information content (AvgIpc) is 2.83. The number of anilines is 1. The van der Waals surface area contributed by atoms with Crippen LogP contribution in [0.2, 0.25) is 0 Å². The van der Waals surface area contributed by atoms with Crippen molar-refractivity contribution < 1.29 is 0 Å². The van der Waals surface area contributed by atoms with Gasteiger partial charge < -0.3 is 5.32 Å². The van der Waals surface area contributed by atoms with E-state index in [0.717, 1.165) is 12.8 Å².